The number of aromatic nitrogens is 2. The van der Waals surface area contributed by atoms with Crippen molar-refractivity contribution in [1.82, 2.24) is 15.1 Å². The minimum absolute atomic E-state index is 0.117. The highest BCUT2D eigenvalue weighted by molar-refractivity contribution is 5.95. The van der Waals surface area contributed by atoms with E-state index >= 15 is 0 Å². The van der Waals surface area contributed by atoms with Crippen LogP contribution in [0.15, 0.2) is 18.2 Å². The van der Waals surface area contributed by atoms with E-state index in [9.17, 15) is 18.7 Å². The third-order valence-corrected chi connectivity index (χ3v) is 5.11. The summed E-state index contributed by atoms with van der Waals surface area (Å²) in [5.41, 5.74) is -0.133. The Kier molecular flexibility index (Phi) is 5.33. The molecule has 1 aliphatic heterocycles. The third kappa shape index (κ3) is 4.18. The lowest BCUT2D eigenvalue weighted by Gasteiger charge is -2.34. The van der Waals surface area contributed by atoms with E-state index in [-0.39, 0.29) is 22.9 Å². The van der Waals surface area contributed by atoms with Gasteiger partial charge in [0.05, 0.1) is 11.2 Å². The Labute approximate surface area is 157 Å². The molecule has 1 fully saturated rings. The van der Waals surface area contributed by atoms with Crippen molar-refractivity contribution in [2.24, 2.45) is 5.92 Å². The normalized spacial score (nSPS) is 16.0. The number of amides is 1. The Bertz CT molecular complexity index is 814. The SMILES string of the molecule is Cc1c(-c2c(F)cccc2F)n[nH]c1C(=O)N1CCC(CC(C)(C)O)CC1. The van der Waals surface area contributed by atoms with Crippen LogP contribution in [0, 0.1) is 24.5 Å². The van der Waals surface area contributed by atoms with Gasteiger partial charge >= 0.3 is 0 Å². The Balaban J connectivity index is 1.75. The van der Waals surface area contributed by atoms with Crippen LogP contribution in [-0.4, -0.2) is 44.8 Å². The fraction of sp³-hybridized carbons (Fsp3) is 0.500. The number of benzene rings is 1. The molecule has 1 aromatic carbocycles. The van der Waals surface area contributed by atoms with Gasteiger partial charge in [-0.15, -0.1) is 0 Å². The Morgan fingerprint density at radius 2 is 1.89 bits per heavy atom. The molecule has 0 atom stereocenters. The average molecular weight is 377 g/mol. The van der Waals surface area contributed by atoms with E-state index in [1.807, 2.05) is 0 Å². The maximum Gasteiger partial charge on any atom is 0.272 e. The number of hydrogen-bond acceptors (Lipinski definition) is 3. The molecule has 1 aromatic heterocycles. The molecule has 2 N–H and O–H groups in total. The number of aromatic amines is 1. The highest BCUT2D eigenvalue weighted by Gasteiger charge is 2.30. The summed E-state index contributed by atoms with van der Waals surface area (Å²) >= 11 is 0. The zero-order valence-corrected chi connectivity index (χ0v) is 15.9. The van der Waals surface area contributed by atoms with Crippen molar-refractivity contribution in [3.63, 3.8) is 0 Å². The van der Waals surface area contributed by atoms with Crippen LogP contribution in [0.1, 0.15) is 49.2 Å². The predicted octanol–water partition coefficient (Wildman–Crippen LogP) is 3.68. The Hall–Kier alpha value is -2.28. The molecule has 0 unspecified atom stereocenters. The summed E-state index contributed by atoms with van der Waals surface area (Å²) in [5, 5.41) is 16.6. The van der Waals surface area contributed by atoms with Crippen molar-refractivity contribution in [1.29, 1.82) is 0 Å². The number of rotatable bonds is 4. The summed E-state index contributed by atoms with van der Waals surface area (Å²) in [6.07, 6.45) is 2.34. The van der Waals surface area contributed by atoms with E-state index in [0.717, 1.165) is 12.8 Å². The first-order chi connectivity index (χ1) is 12.7. The van der Waals surface area contributed by atoms with E-state index < -0.39 is 17.2 Å². The molecular formula is C20H25F2N3O2. The Morgan fingerprint density at radius 3 is 2.44 bits per heavy atom. The van der Waals surface area contributed by atoms with Gasteiger partial charge < -0.3 is 10.0 Å². The number of piperidine rings is 1. The van der Waals surface area contributed by atoms with Gasteiger partial charge in [0.15, 0.2) is 0 Å². The van der Waals surface area contributed by atoms with Gasteiger partial charge in [-0.3, -0.25) is 9.89 Å². The number of hydrogen-bond donors (Lipinski definition) is 2. The number of likely N-dealkylation sites (tertiary alicyclic amines) is 1. The molecule has 146 valence electrons. The van der Waals surface area contributed by atoms with Crippen molar-refractivity contribution in [3.8, 4) is 11.3 Å². The van der Waals surface area contributed by atoms with Crippen LogP contribution in [0.25, 0.3) is 11.3 Å². The van der Waals surface area contributed by atoms with Crippen LogP contribution in [-0.2, 0) is 0 Å². The molecule has 0 aliphatic carbocycles. The fourth-order valence-corrected chi connectivity index (χ4v) is 3.78. The van der Waals surface area contributed by atoms with Gasteiger partial charge in [0.25, 0.3) is 5.91 Å². The highest BCUT2D eigenvalue weighted by atomic mass is 19.1. The second kappa shape index (κ2) is 7.38. The van der Waals surface area contributed by atoms with Crippen molar-refractivity contribution in [2.45, 2.75) is 45.6 Å². The summed E-state index contributed by atoms with van der Waals surface area (Å²) in [7, 11) is 0. The summed E-state index contributed by atoms with van der Waals surface area (Å²) in [4.78, 5) is 14.6. The molecular weight excluding hydrogens is 352 g/mol. The number of aliphatic hydroxyl groups is 1. The number of H-pyrrole nitrogens is 1. The second-order valence-electron chi connectivity index (χ2n) is 7.92. The lowest BCUT2D eigenvalue weighted by molar-refractivity contribution is 0.0356. The first-order valence-electron chi connectivity index (χ1n) is 9.18. The molecule has 1 amide bonds. The maximum atomic E-state index is 14.0. The second-order valence-corrected chi connectivity index (χ2v) is 7.92. The number of carbonyl (C=O) groups excluding carboxylic acids is 1. The highest BCUT2D eigenvalue weighted by Crippen LogP contribution is 2.30. The largest absolute Gasteiger partial charge is 0.390 e. The van der Waals surface area contributed by atoms with E-state index in [4.69, 9.17) is 0 Å². The van der Waals surface area contributed by atoms with Crippen LogP contribution in [0.5, 0.6) is 0 Å². The van der Waals surface area contributed by atoms with Crippen LogP contribution < -0.4 is 0 Å². The standard InChI is InChI=1S/C20H25F2N3O2/c1-12-17(16-14(21)5-4-6-15(16)22)23-24-18(12)19(26)25-9-7-13(8-10-25)11-20(2,3)27/h4-6,13,27H,7-11H2,1-3H3,(H,23,24). The van der Waals surface area contributed by atoms with Crippen molar-refractivity contribution in [2.75, 3.05) is 13.1 Å². The zero-order valence-electron chi connectivity index (χ0n) is 15.9. The van der Waals surface area contributed by atoms with Gasteiger partial charge in [-0.2, -0.15) is 5.10 Å². The van der Waals surface area contributed by atoms with Gasteiger partial charge in [0.2, 0.25) is 0 Å². The first-order valence-corrected chi connectivity index (χ1v) is 9.18. The van der Waals surface area contributed by atoms with E-state index in [1.54, 1.807) is 25.7 Å². The number of carbonyl (C=O) groups is 1. The van der Waals surface area contributed by atoms with Gasteiger partial charge in [-0.05, 0) is 58.1 Å². The zero-order chi connectivity index (χ0) is 19.8. The van der Waals surface area contributed by atoms with Gasteiger partial charge in [0, 0.05) is 18.7 Å². The monoisotopic (exact) mass is 377 g/mol. The molecule has 2 aromatic rings. The summed E-state index contributed by atoms with van der Waals surface area (Å²) in [5.74, 6) is -1.27. The number of nitrogens with one attached hydrogen (secondary N) is 1. The van der Waals surface area contributed by atoms with Crippen LogP contribution in [0.4, 0.5) is 8.78 Å². The molecule has 27 heavy (non-hydrogen) atoms. The van der Waals surface area contributed by atoms with Crippen LogP contribution in [0.3, 0.4) is 0 Å². The maximum absolute atomic E-state index is 14.0. The quantitative estimate of drug-likeness (QED) is 0.854. The molecule has 0 saturated carbocycles. The molecule has 5 nitrogen and oxygen atoms in total. The van der Waals surface area contributed by atoms with E-state index in [1.165, 1.54) is 18.2 Å². The minimum atomic E-state index is -0.713. The smallest absolute Gasteiger partial charge is 0.272 e. The molecule has 1 saturated heterocycles. The fourth-order valence-electron chi connectivity index (χ4n) is 3.78. The molecule has 0 radical (unpaired) electrons. The van der Waals surface area contributed by atoms with E-state index in [0.29, 0.717) is 31.0 Å². The predicted molar refractivity (Wildman–Crippen MR) is 98.2 cm³/mol. The van der Waals surface area contributed by atoms with Gasteiger partial charge in [-0.25, -0.2) is 8.78 Å². The lowest BCUT2D eigenvalue weighted by atomic mass is 9.86. The van der Waals surface area contributed by atoms with Gasteiger partial charge in [-0.1, -0.05) is 6.07 Å². The summed E-state index contributed by atoms with van der Waals surface area (Å²) in [6, 6.07) is 3.63. The molecule has 1 aliphatic rings. The minimum Gasteiger partial charge on any atom is -0.390 e. The van der Waals surface area contributed by atoms with Crippen molar-refractivity contribution < 1.29 is 18.7 Å². The number of halogens is 2. The third-order valence-electron chi connectivity index (χ3n) is 5.11. The molecule has 2 heterocycles. The molecule has 0 spiro atoms. The van der Waals surface area contributed by atoms with Crippen molar-refractivity contribution in [3.05, 3.63) is 41.1 Å². The van der Waals surface area contributed by atoms with Crippen molar-refractivity contribution >= 4 is 5.91 Å². The summed E-state index contributed by atoms with van der Waals surface area (Å²) in [6.45, 7) is 6.39. The Morgan fingerprint density at radius 1 is 1.30 bits per heavy atom. The summed E-state index contributed by atoms with van der Waals surface area (Å²) < 4.78 is 28.1. The van der Waals surface area contributed by atoms with Gasteiger partial charge in [0.1, 0.15) is 23.0 Å². The molecule has 7 heteroatoms. The lowest BCUT2D eigenvalue weighted by Crippen LogP contribution is -2.40. The van der Waals surface area contributed by atoms with E-state index in [2.05, 4.69) is 10.2 Å². The topological polar surface area (TPSA) is 69.2 Å². The molecule has 3 rings (SSSR count). The van der Waals surface area contributed by atoms with Crippen LogP contribution in [0.2, 0.25) is 0 Å². The first kappa shape index (κ1) is 19.5. The molecule has 0 bridgehead atoms. The average Bonchev–Trinajstić information content (AvgIpc) is 2.95. The number of nitrogens with zero attached hydrogens (tertiary/aromatic N) is 2. The van der Waals surface area contributed by atoms with Crippen LogP contribution >= 0.6 is 0 Å².